The summed E-state index contributed by atoms with van der Waals surface area (Å²) < 4.78 is 12.3. The van der Waals surface area contributed by atoms with E-state index in [1.807, 2.05) is 19.9 Å². The van der Waals surface area contributed by atoms with E-state index < -0.39 is 0 Å². The van der Waals surface area contributed by atoms with E-state index in [-0.39, 0.29) is 11.7 Å². The molecule has 0 fully saturated rings. The Kier molecular flexibility index (Phi) is 3.64. The SMILES string of the molecule is CC(C)Oc1ccc2c(c1OC(C)(C)C)Cc1ccccc1-2. The molecule has 2 aromatic carbocycles. The maximum absolute atomic E-state index is 6.28. The number of hydrogen-bond donors (Lipinski definition) is 0. The standard InChI is InChI=1S/C20H24O2/c1-13(2)21-18-11-10-16-15-9-7-6-8-14(15)12-17(16)19(18)22-20(3,4)5/h6-11,13H,12H2,1-5H3. The molecule has 2 nitrogen and oxygen atoms in total. The lowest BCUT2D eigenvalue weighted by molar-refractivity contribution is 0.118. The Morgan fingerprint density at radius 1 is 0.955 bits per heavy atom. The Morgan fingerprint density at radius 2 is 1.68 bits per heavy atom. The van der Waals surface area contributed by atoms with Crippen LogP contribution in [0.25, 0.3) is 11.1 Å². The second kappa shape index (κ2) is 5.35. The van der Waals surface area contributed by atoms with Crippen molar-refractivity contribution in [1.82, 2.24) is 0 Å². The largest absolute Gasteiger partial charge is 0.487 e. The third-order valence-corrected chi connectivity index (χ3v) is 3.67. The predicted molar refractivity (Wildman–Crippen MR) is 90.8 cm³/mol. The minimum absolute atomic E-state index is 0.129. The van der Waals surface area contributed by atoms with Gasteiger partial charge in [-0.15, -0.1) is 0 Å². The van der Waals surface area contributed by atoms with Crippen LogP contribution in [0.3, 0.4) is 0 Å². The molecule has 0 saturated carbocycles. The maximum atomic E-state index is 6.28. The van der Waals surface area contributed by atoms with E-state index in [0.717, 1.165) is 17.9 Å². The lowest BCUT2D eigenvalue weighted by Gasteiger charge is -2.26. The van der Waals surface area contributed by atoms with Gasteiger partial charge < -0.3 is 9.47 Å². The van der Waals surface area contributed by atoms with E-state index >= 15 is 0 Å². The Morgan fingerprint density at radius 3 is 2.36 bits per heavy atom. The first kappa shape index (κ1) is 15.0. The first-order chi connectivity index (χ1) is 10.3. The fourth-order valence-corrected chi connectivity index (χ4v) is 2.93. The van der Waals surface area contributed by atoms with Crippen molar-refractivity contribution in [2.75, 3.05) is 0 Å². The topological polar surface area (TPSA) is 18.5 Å². The van der Waals surface area contributed by atoms with Crippen LogP contribution in [0, 0.1) is 0 Å². The lowest BCUT2D eigenvalue weighted by Crippen LogP contribution is -2.24. The monoisotopic (exact) mass is 296 g/mol. The van der Waals surface area contributed by atoms with Crippen molar-refractivity contribution < 1.29 is 9.47 Å². The van der Waals surface area contributed by atoms with Crippen molar-refractivity contribution in [3.8, 4) is 22.6 Å². The molecule has 0 spiro atoms. The molecular formula is C20H24O2. The van der Waals surface area contributed by atoms with Gasteiger partial charge in [-0.2, -0.15) is 0 Å². The summed E-state index contributed by atoms with van der Waals surface area (Å²) in [5.74, 6) is 1.74. The minimum Gasteiger partial charge on any atom is -0.487 e. The number of hydrogen-bond acceptors (Lipinski definition) is 2. The Bertz CT molecular complexity index is 693. The van der Waals surface area contributed by atoms with Gasteiger partial charge in [-0.05, 0) is 57.4 Å². The van der Waals surface area contributed by atoms with E-state index in [9.17, 15) is 0 Å². The van der Waals surface area contributed by atoms with Crippen LogP contribution >= 0.6 is 0 Å². The molecule has 3 rings (SSSR count). The zero-order valence-electron chi connectivity index (χ0n) is 14.1. The fraction of sp³-hybridized carbons (Fsp3) is 0.400. The first-order valence-electron chi connectivity index (χ1n) is 7.95. The van der Waals surface area contributed by atoms with Crippen LogP contribution in [0.4, 0.5) is 0 Å². The van der Waals surface area contributed by atoms with Crippen molar-refractivity contribution in [2.45, 2.75) is 52.7 Å². The molecule has 22 heavy (non-hydrogen) atoms. The lowest BCUT2D eigenvalue weighted by atomic mass is 10.0. The highest BCUT2D eigenvalue weighted by molar-refractivity contribution is 5.80. The molecule has 0 aliphatic heterocycles. The van der Waals surface area contributed by atoms with Gasteiger partial charge in [0.2, 0.25) is 0 Å². The van der Waals surface area contributed by atoms with Gasteiger partial charge in [0, 0.05) is 12.0 Å². The third-order valence-electron chi connectivity index (χ3n) is 3.67. The summed E-state index contributed by atoms with van der Waals surface area (Å²) in [7, 11) is 0. The molecule has 0 aromatic heterocycles. The van der Waals surface area contributed by atoms with E-state index in [1.54, 1.807) is 0 Å². The summed E-state index contributed by atoms with van der Waals surface area (Å²) in [5.41, 5.74) is 4.93. The van der Waals surface area contributed by atoms with E-state index in [2.05, 4.69) is 51.1 Å². The Hall–Kier alpha value is -1.96. The van der Waals surface area contributed by atoms with Gasteiger partial charge in [0.05, 0.1) is 6.10 Å². The van der Waals surface area contributed by atoms with Crippen molar-refractivity contribution in [3.63, 3.8) is 0 Å². The van der Waals surface area contributed by atoms with Gasteiger partial charge in [0.15, 0.2) is 11.5 Å². The minimum atomic E-state index is -0.251. The predicted octanol–water partition coefficient (Wildman–Crippen LogP) is 5.22. The van der Waals surface area contributed by atoms with Crippen LogP contribution in [0.1, 0.15) is 45.7 Å². The quantitative estimate of drug-likeness (QED) is 0.659. The number of fused-ring (bicyclic) bond motifs is 3. The molecule has 0 unspecified atom stereocenters. The van der Waals surface area contributed by atoms with E-state index in [1.165, 1.54) is 22.3 Å². The second-order valence-electron chi connectivity index (χ2n) is 7.13. The van der Waals surface area contributed by atoms with Crippen molar-refractivity contribution >= 4 is 0 Å². The average molecular weight is 296 g/mol. The van der Waals surface area contributed by atoms with Crippen LogP contribution in [0.5, 0.6) is 11.5 Å². The Labute approximate surface area is 133 Å². The molecule has 0 saturated heterocycles. The molecule has 2 heteroatoms. The molecule has 0 N–H and O–H groups in total. The number of ether oxygens (including phenoxy) is 2. The molecule has 0 amide bonds. The van der Waals surface area contributed by atoms with Crippen LogP contribution in [0.15, 0.2) is 36.4 Å². The van der Waals surface area contributed by atoms with Gasteiger partial charge in [-0.3, -0.25) is 0 Å². The fourth-order valence-electron chi connectivity index (χ4n) is 2.93. The molecule has 0 radical (unpaired) electrons. The van der Waals surface area contributed by atoms with Gasteiger partial charge >= 0.3 is 0 Å². The number of rotatable bonds is 3. The second-order valence-corrected chi connectivity index (χ2v) is 7.13. The Balaban J connectivity index is 2.12. The van der Waals surface area contributed by atoms with Gasteiger partial charge in [-0.1, -0.05) is 30.3 Å². The molecule has 2 aromatic rings. The summed E-state index contributed by atoms with van der Waals surface area (Å²) in [5, 5.41) is 0. The van der Waals surface area contributed by atoms with Crippen LogP contribution in [-0.4, -0.2) is 11.7 Å². The molecule has 1 aliphatic rings. The van der Waals surface area contributed by atoms with Crippen LogP contribution in [-0.2, 0) is 6.42 Å². The van der Waals surface area contributed by atoms with E-state index in [4.69, 9.17) is 9.47 Å². The zero-order valence-corrected chi connectivity index (χ0v) is 14.1. The third kappa shape index (κ3) is 2.83. The van der Waals surface area contributed by atoms with Crippen LogP contribution < -0.4 is 9.47 Å². The molecule has 0 heterocycles. The summed E-state index contributed by atoms with van der Waals surface area (Å²) in [4.78, 5) is 0. The molecule has 116 valence electrons. The van der Waals surface area contributed by atoms with Gasteiger partial charge in [-0.25, -0.2) is 0 Å². The van der Waals surface area contributed by atoms with Crippen LogP contribution in [0.2, 0.25) is 0 Å². The van der Waals surface area contributed by atoms with Crippen molar-refractivity contribution in [3.05, 3.63) is 47.5 Å². The summed E-state index contributed by atoms with van der Waals surface area (Å²) in [6.07, 6.45) is 1.04. The van der Waals surface area contributed by atoms with E-state index in [0.29, 0.717) is 0 Å². The van der Waals surface area contributed by atoms with Gasteiger partial charge in [0.1, 0.15) is 5.60 Å². The zero-order chi connectivity index (χ0) is 15.9. The summed E-state index contributed by atoms with van der Waals surface area (Å²) in [6.45, 7) is 10.3. The number of benzene rings is 2. The van der Waals surface area contributed by atoms with Crippen molar-refractivity contribution in [2.24, 2.45) is 0 Å². The molecule has 0 atom stereocenters. The normalized spacial score (nSPS) is 13.0. The summed E-state index contributed by atoms with van der Waals surface area (Å²) in [6, 6.07) is 12.8. The average Bonchev–Trinajstić information content (AvgIpc) is 2.78. The summed E-state index contributed by atoms with van der Waals surface area (Å²) >= 11 is 0. The first-order valence-corrected chi connectivity index (χ1v) is 7.95. The molecule has 0 bridgehead atoms. The molecular weight excluding hydrogens is 272 g/mol. The molecule has 1 aliphatic carbocycles. The van der Waals surface area contributed by atoms with Gasteiger partial charge in [0.25, 0.3) is 0 Å². The van der Waals surface area contributed by atoms with Crippen molar-refractivity contribution in [1.29, 1.82) is 0 Å². The maximum Gasteiger partial charge on any atom is 0.166 e. The highest BCUT2D eigenvalue weighted by atomic mass is 16.5. The highest BCUT2D eigenvalue weighted by Crippen LogP contribution is 2.46. The highest BCUT2D eigenvalue weighted by Gasteiger charge is 2.27. The smallest absolute Gasteiger partial charge is 0.166 e.